The molecule has 1 amide bonds. The molecule has 156 valence electrons. The summed E-state index contributed by atoms with van der Waals surface area (Å²) >= 11 is 3.29. The number of hydrogen-bond acceptors (Lipinski definition) is 4. The molecule has 0 aliphatic heterocycles. The lowest BCUT2D eigenvalue weighted by Crippen LogP contribution is -2.28. The Labute approximate surface area is 182 Å². The average Bonchev–Trinajstić information content (AvgIpc) is 2.73. The number of hydrogen-bond donors (Lipinski definition) is 2. The topological polar surface area (TPSA) is 84.5 Å². The van der Waals surface area contributed by atoms with Crippen LogP contribution in [0, 0.1) is 5.82 Å². The molecule has 2 N–H and O–H groups in total. The fourth-order valence-electron chi connectivity index (χ4n) is 2.45. The first-order valence-corrected chi connectivity index (χ1v) is 11.1. The van der Waals surface area contributed by atoms with E-state index in [0.29, 0.717) is 11.4 Å². The highest BCUT2D eigenvalue weighted by Crippen LogP contribution is 2.20. The summed E-state index contributed by atoms with van der Waals surface area (Å²) in [5.74, 6) is -0.339. The van der Waals surface area contributed by atoms with Gasteiger partial charge in [0, 0.05) is 16.7 Å². The largest absolute Gasteiger partial charge is 0.484 e. The second kappa shape index (κ2) is 9.73. The minimum absolute atomic E-state index is 0.0681. The first kappa shape index (κ1) is 21.8. The quantitative estimate of drug-likeness (QED) is 0.496. The average molecular weight is 493 g/mol. The zero-order valence-corrected chi connectivity index (χ0v) is 18.0. The van der Waals surface area contributed by atoms with Crippen LogP contribution in [0.1, 0.15) is 5.56 Å². The van der Waals surface area contributed by atoms with E-state index in [4.69, 9.17) is 4.74 Å². The molecule has 0 aliphatic carbocycles. The van der Waals surface area contributed by atoms with Crippen LogP contribution >= 0.6 is 15.9 Å². The Bertz CT molecular complexity index is 1100. The Morgan fingerprint density at radius 1 is 0.933 bits per heavy atom. The number of carbonyl (C=O) groups is 1. The SMILES string of the molecule is O=C(COc1ccc(S(=O)(=O)Nc2ccc(Br)cc2)cc1)NCc1ccc(F)cc1. The van der Waals surface area contributed by atoms with Gasteiger partial charge in [-0.2, -0.15) is 0 Å². The Balaban J connectivity index is 1.51. The van der Waals surface area contributed by atoms with Gasteiger partial charge in [-0.25, -0.2) is 12.8 Å². The molecule has 0 heterocycles. The number of carbonyl (C=O) groups excluding carboxylic acids is 1. The summed E-state index contributed by atoms with van der Waals surface area (Å²) in [5, 5.41) is 2.66. The first-order valence-electron chi connectivity index (χ1n) is 8.84. The van der Waals surface area contributed by atoms with E-state index in [1.807, 2.05) is 0 Å². The molecule has 3 rings (SSSR count). The van der Waals surface area contributed by atoms with Crippen molar-refractivity contribution in [3.63, 3.8) is 0 Å². The highest BCUT2D eigenvalue weighted by Gasteiger charge is 2.14. The van der Waals surface area contributed by atoms with Crippen LogP contribution in [0.4, 0.5) is 10.1 Å². The van der Waals surface area contributed by atoms with E-state index in [1.165, 1.54) is 36.4 Å². The van der Waals surface area contributed by atoms with E-state index in [2.05, 4.69) is 26.0 Å². The maximum absolute atomic E-state index is 12.9. The van der Waals surface area contributed by atoms with Crippen molar-refractivity contribution in [2.75, 3.05) is 11.3 Å². The zero-order valence-electron chi connectivity index (χ0n) is 15.6. The highest BCUT2D eigenvalue weighted by atomic mass is 79.9. The monoisotopic (exact) mass is 492 g/mol. The second-order valence-corrected chi connectivity index (χ2v) is 8.87. The van der Waals surface area contributed by atoms with Gasteiger partial charge in [0.05, 0.1) is 4.90 Å². The molecule has 0 radical (unpaired) electrons. The van der Waals surface area contributed by atoms with Crippen molar-refractivity contribution < 1.29 is 22.3 Å². The molecule has 0 atom stereocenters. The smallest absolute Gasteiger partial charge is 0.261 e. The molecule has 0 aromatic heterocycles. The second-order valence-electron chi connectivity index (χ2n) is 6.28. The zero-order chi connectivity index (χ0) is 21.6. The molecule has 9 heteroatoms. The van der Waals surface area contributed by atoms with Gasteiger partial charge in [-0.1, -0.05) is 28.1 Å². The van der Waals surface area contributed by atoms with E-state index < -0.39 is 10.0 Å². The lowest BCUT2D eigenvalue weighted by molar-refractivity contribution is -0.123. The number of anilines is 1. The minimum atomic E-state index is -3.74. The highest BCUT2D eigenvalue weighted by molar-refractivity contribution is 9.10. The van der Waals surface area contributed by atoms with E-state index in [0.717, 1.165) is 10.0 Å². The van der Waals surface area contributed by atoms with Crippen LogP contribution in [-0.2, 0) is 21.4 Å². The van der Waals surface area contributed by atoms with Crippen LogP contribution in [0.3, 0.4) is 0 Å². The first-order chi connectivity index (χ1) is 14.3. The molecule has 3 aromatic carbocycles. The molecule has 0 aliphatic rings. The third kappa shape index (κ3) is 6.30. The summed E-state index contributed by atoms with van der Waals surface area (Å²) in [6, 6.07) is 18.3. The van der Waals surface area contributed by atoms with Crippen molar-refractivity contribution in [2.24, 2.45) is 0 Å². The maximum atomic E-state index is 12.9. The Kier molecular flexibility index (Phi) is 7.07. The molecule has 0 spiro atoms. The number of rotatable bonds is 8. The van der Waals surface area contributed by atoms with Gasteiger partial charge in [0.15, 0.2) is 6.61 Å². The molecule has 30 heavy (non-hydrogen) atoms. The summed E-state index contributed by atoms with van der Waals surface area (Å²) in [7, 11) is -3.74. The van der Waals surface area contributed by atoms with Crippen LogP contribution < -0.4 is 14.8 Å². The van der Waals surface area contributed by atoms with Gasteiger partial charge in [-0.05, 0) is 66.2 Å². The van der Waals surface area contributed by atoms with Crippen LogP contribution in [0.15, 0.2) is 82.2 Å². The number of benzene rings is 3. The molecule has 0 saturated carbocycles. The third-order valence-electron chi connectivity index (χ3n) is 4.00. The van der Waals surface area contributed by atoms with Gasteiger partial charge in [0.2, 0.25) is 0 Å². The molecule has 6 nitrogen and oxygen atoms in total. The van der Waals surface area contributed by atoms with Crippen molar-refractivity contribution in [3.8, 4) is 5.75 Å². The van der Waals surface area contributed by atoms with Gasteiger partial charge in [-0.3, -0.25) is 9.52 Å². The van der Waals surface area contributed by atoms with E-state index in [1.54, 1.807) is 36.4 Å². The lowest BCUT2D eigenvalue weighted by atomic mass is 10.2. The molecular formula is C21H18BrFN2O4S. The number of nitrogens with one attached hydrogen (secondary N) is 2. The molecule has 3 aromatic rings. The normalized spacial score (nSPS) is 11.0. The van der Waals surface area contributed by atoms with Crippen LogP contribution in [0.25, 0.3) is 0 Å². The Morgan fingerprint density at radius 2 is 1.57 bits per heavy atom. The van der Waals surface area contributed by atoms with Crippen molar-refractivity contribution in [3.05, 3.63) is 88.6 Å². The van der Waals surface area contributed by atoms with Gasteiger partial charge < -0.3 is 10.1 Å². The van der Waals surface area contributed by atoms with E-state index >= 15 is 0 Å². The lowest BCUT2D eigenvalue weighted by Gasteiger charge is -2.10. The maximum Gasteiger partial charge on any atom is 0.261 e. The van der Waals surface area contributed by atoms with Gasteiger partial charge in [-0.15, -0.1) is 0 Å². The van der Waals surface area contributed by atoms with Crippen LogP contribution in [0.5, 0.6) is 5.75 Å². The summed E-state index contributed by atoms with van der Waals surface area (Å²) in [5.41, 5.74) is 1.20. The van der Waals surface area contributed by atoms with Crippen molar-refractivity contribution in [1.29, 1.82) is 0 Å². The summed E-state index contributed by atoms with van der Waals surface area (Å²) in [6.07, 6.45) is 0. The fourth-order valence-corrected chi connectivity index (χ4v) is 3.77. The van der Waals surface area contributed by atoms with Crippen molar-refractivity contribution in [2.45, 2.75) is 11.4 Å². The van der Waals surface area contributed by atoms with Gasteiger partial charge in [0.25, 0.3) is 15.9 Å². The predicted octanol–water partition coefficient (Wildman–Crippen LogP) is 4.08. The molecule has 0 fully saturated rings. The molecule has 0 bridgehead atoms. The summed E-state index contributed by atoms with van der Waals surface area (Å²) < 4.78 is 46.5. The minimum Gasteiger partial charge on any atom is -0.484 e. The third-order valence-corrected chi connectivity index (χ3v) is 5.93. The molecule has 0 unspecified atom stereocenters. The number of halogens is 2. The van der Waals surface area contributed by atoms with Crippen molar-refractivity contribution >= 4 is 37.5 Å². The van der Waals surface area contributed by atoms with E-state index in [9.17, 15) is 17.6 Å². The molecular weight excluding hydrogens is 475 g/mol. The predicted molar refractivity (Wildman–Crippen MR) is 115 cm³/mol. The number of amides is 1. The van der Waals surface area contributed by atoms with Crippen molar-refractivity contribution in [1.82, 2.24) is 5.32 Å². The Morgan fingerprint density at radius 3 is 2.20 bits per heavy atom. The standard InChI is InChI=1S/C21H18BrFN2O4S/c22-16-3-7-18(8-4-16)25-30(27,28)20-11-9-19(10-12-20)29-14-21(26)24-13-15-1-5-17(23)6-2-15/h1-12,25H,13-14H2,(H,24,26). The molecule has 0 saturated heterocycles. The van der Waals surface area contributed by atoms with Gasteiger partial charge in [0.1, 0.15) is 11.6 Å². The van der Waals surface area contributed by atoms with Gasteiger partial charge >= 0.3 is 0 Å². The van der Waals surface area contributed by atoms with E-state index in [-0.39, 0.29) is 29.8 Å². The van der Waals surface area contributed by atoms with Crippen LogP contribution in [-0.4, -0.2) is 20.9 Å². The number of ether oxygens (including phenoxy) is 1. The fraction of sp³-hybridized carbons (Fsp3) is 0.0952. The Hall–Kier alpha value is -2.91. The number of sulfonamides is 1. The summed E-state index contributed by atoms with van der Waals surface area (Å²) in [4.78, 5) is 12.0. The van der Waals surface area contributed by atoms with Crippen LogP contribution in [0.2, 0.25) is 0 Å². The summed E-state index contributed by atoms with van der Waals surface area (Å²) in [6.45, 7) is 0.0197.